The molecular weight excluding hydrogens is 555 g/mol. The number of rotatable bonds is 4. The highest BCUT2D eigenvalue weighted by atomic mass is 35.5. The SMILES string of the molecule is N#Cc1cccnc1-c1cc(NC(=O)c2cc(F)cc(C(F)(F)F)c2)c2c(c1)C(=O)NC2c1cc(F)ccc1Cl. The normalized spacial score (nSPS) is 14.3. The Kier molecular flexibility index (Phi) is 6.73. The van der Waals surface area contributed by atoms with Crippen molar-refractivity contribution >= 4 is 29.1 Å². The van der Waals surface area contributed by atoms with E-state index in [0.717, 1.165) is 12.1 Å². The first-order valence-corrected chi connectivity index (χ1v) is 11.8. The van der Waals surface area contributed by atoms with Crippen molar-refractivity contribution in [3.63, 3.8) is 0 Å². The summed E-state index contributed by atoms with van der Waals surface area (Å²) in [7, 11) is 0. The number of fused-ring (bicyclic) bond motifs is 1. The molecule has 0 saturated heterocycles. The lowest BCUT2D eigenvalue weighted by atomic mass is 9.93. The van der Waals surface area contributed by atoms with Gasteiger partial charge in [0.15, 0.2) is 0 Å². The van der Waals surface area contributed by atoms with Gasteiger partial charge in [-0.3, -0.25) is 14.6 Å². The van der Waals surface area contributed by atoms with Crippen LogP contribution in [0, 0.1) is 23.0 Å². The third-order valence-electron chi connectivity index (χ3n) is 6.19. The van der Waals surface area contributed by atoms with E-state index < -0.39 is 46.8 Å². The van der Waals surface area contributed by atoms with Crippen molar-refractivity contribution in [2.45, 2.75) is 12.2 Å². The van der Waals surface area contributed by atoms with Crippen LogP contribution in [0.2, 0.25) is 5.02 Å². The van der Waals surface area contributed by atoms with Crippen molar-refractivity contribution in [1.82, 2.24) is 10.3 Å². The lowest BCUT2D eigenvalue weighted by Crippen LogP contribution is -2.21. The van der Waals surface area contributed by atoms with Gasteiger partial charge in [-0.25, -0.2) is 8.78 Å². The second-order valence-corrected chi connectivity index (χ2v) is 9.16. The number of halogens is 6. The Bertz CT molecular complexity index is 1750. The van der Waals surface area contributed by atoms with E-state index >= 15 is 0 Å². The zero-order valence-electron chi connectivity index (χ0n) is 19.9. The second kappa shape index (κ2) is 10.1. The van der Waals surface area contributed by atoms with E-state index in [9.17, 15) is 36.8 Å². The molecule has 40 heavy (non-hydrogen) atoms. The first-order chi connectivity index (χ1) is 19.0. The minimum atomic E-state index is -4.92. The van der Waals surface area contributed by atoms with Crippen LogP contribution < -0.4 is 10.6 Å². The topological polar surface area (TPSA) is 94.9 Å². The molecule has 2 heterocycles. The van der Waals surface area contributed by atoms with E-state index in [-0.39, 0.29) is 50.3 Å². The number of pyridine rings is 1. The number of nitrogens with one attached hydrogen (secondary N) is 2. The van der Waals surface area contributed by atoms with E-state index in [0.29, 0.717) is 12.1 Å². The molecule has 0 saturated carbocycles. The Hall–Kier alpha value is -4.82. The van der Waals surface area contributed by atoms with Crippen LogP contribution in [0.25, 0.3) is 11.3 Å². The molecule has 2 amide bonds. The zero-order valence-corrected chi connectivity index (χ0v) is 20.7. The van der Waals surface area contributed by atoms with E-state index in [1.54, 1.807) is 0 Å². The molecule has 200 valence electrons. The number of amides is 2. The number of benzene rings is 3. The van der Waals surface area contributed by atoms with Crippen LogP contribution in [-0.2, 0) is 6.18 Å². The summed E-state index contributed by atoms with van der Waals surface area (Å²) in [5.41, 5.74) is -1.26. The molecule has 1 atom stereocenters. The molecule has 0 radical (unpaired) electrons. The largest absolute Gasteiger partial charge is 0.416 e. The van der Waals surface area contributed by atoms with E-state index in [1.807, 2.05) is 6.07 Å². The molecule has 12 heteroatoms. The van der Waals surface area contributed by atoms with Crippen LogP contribution in [-0.4, -0.2) is 16.8 Å². The third kappa shape index (κ3) is 4.97. The van der Waals surface area contributed by atoms with E-state index in [2.05, 4.69) is 15.6 Å². The Labute approximate surface area is 228 Å². The summed E-state index contributed by atoms with van der Waals surface area (Å²) in [5, 5.41) is 14.8. The number of carbonyl (C=O) groups is 2. The van der Waals surface area contributed by atoms with Gasteiger partial charge in [-0.1, -0.05) is 11.6 Å². The molecule has 1 unspecified atom stereocenters. The van der Waals surface area contributed by atoms with Crippen molar-refractivity contribution in [3.05, 3.63) is 117 Å². The standard InChI is InChI=1S/C28H14ClF5N4O2/c29-21-4-3-17(30)11-19(21)25-23-20(27(40)38-25)8-14(24-13(12-35)2-1-5-36-24)9-22(23)37-26(39)15-6-16(28(32,33)34)10-18(31)7-15/h1-11,25H,(H,37,39)(H,38,40). The van der Waals surface area contributed by atoms with Crippen molar-refractivity contribution in [1.29, 1.82) is 5.26 Å². The molecule has 0 fully saturated rings. The average molecular weight is 569 g/mol. The predicted octanol–water partition coefficient (Wildman–Crippen LogP) is 6.66. The van der Waals surface area contributed by atoms with Gasteiger partial charge in [-0.2, -0.15) is 18.4 Å². The predicted molar refractivity (Wildman–Crippen MR) is 134 cm³/mol. The van der Waals surface area contributed by atoms with Crippen LogP contribution in [0.5, 0.6) is 0 Å². The minimum absolute atomic E-state index is 0.0166. The quantitative estimate of drug-likeness (QED) is 0.269. The number of hydrogen-bond acceptors (Lipinski definition) is 4. The fourth-order valence-corrected chi connectivity index (χ4v) is 4.67. The van der Waals surface area contributed by atoms with Crippen molar-refractivity contribution < 1.29 is 31.5 Å². The minimum Gasteiger partial charge on any atom is -0.341 e. The highest BCUT2D eigenvalue weighted by molar-refractivity contribution is 6.31. The van der Waals surface area contributed by atoms with Crippen LogP contribution in [0.15, 0.2) is 66.9 Å². The maximum Gasteiger partial charge on any atom is 0.416 e. The highest BCUT2D eigenvalue weighted by Crippen LogP contribution is 2.42. The molecule has 2 N–H and O–H groups in total. The van der Waals surface area contributed by atoms with Gasteiger partial charge in [0.25, 0.3) is 11.8 Å². The lowest BCUT2D eigenvalue weighted by molar-refractivity contribution is -0.137. The number of carbonyl (C=O) groups excluding carboxylic acids is 2. The molecule has 3 aromatic carbocycles. The third-order valence-corrected chi connectivity index (χ3v) is 6.54. The molecule has 1 aliphatic heterocycles. The van der Waals surface area contributed by atoms with Gasteiger partial charge in [0.1, 0.15) is 17.7 Å². The van der Waals surface area contributed by atoms with Gasteiger partial charge in [0.05, 0.1) is 22.9 Å². The smallest absolute Gasteiger partial charge is 0.341 e. The summed E-state index contributed by atoms with van der Waals surface area (Å²) in [5.74, 6) is -3.69. The fraction of sp³-hybridized carbons (Fsp3) is 0.0714. The molecule has 4 aromatic rings. The monoisotopic (exact) mass is 568 g/mol. The molecule has 6 nitrogen and oxygen atoms in total. The van der Waals surface area contributed by atoms with Crippen molar-refractivity contribution in [2.75, 3.05) is 5.32 Å². The zero-order chi connectivity index (χ0) is 28.8. The van der Waals surface area contributed by atoms with Gasteiger partial charge in [0.2, 0.25) is 0 Å². The summed E-state index contributed by atoms with van der Waals surface area (Å²) >= 11 is 6.29. The summed E-state index contributed by atoms with van der Waals surface area (Å²) in [6.07, 6.45) is -3.51. The van der Waals surface area contributed by atoms with Gasteiger partial charge in [-0.05, 0) is 60.7 Å². The fourth-order valence-electron chi connectivity index (χ4n) is 4.45. The number of nitriles is 1. The lowest BCUT2D eigenvalue weighted by Gasteiger charge is -2.19. The van der Waals surface area contributed by atoms with Crippen molar-refractivity contribution in [2.24, 2.45) is 0 Å². The van der Waals surface area contributed by atoms with Gasteiger partial charge in [-0.15, -0.1) is 0 Å². The Morgan fingerprint density at radius 3 is 2.55 bits per heavy atom. The summed E-state index contributed by atoms with van der Waals surface area (Å²) in [6.45, 7) is 0. The maximum absolute atomic E-state index is 14.1. The molecular formula is C28H14ClF5N4O2. The Morgan fingerprint density at radius 2 is 1.82 bits per heavy atom. The van der Waals surface area contributed by atoms with Crippen LogP contribution in [0.1, 0.15) is 49.0 Å². The summed E-state index contributed by atoms with van der Waals surface area (Å²) < 4.78 is 68.0. The van der Waals surface area contributed by atoms with Gasteiger partial charge in [0, 0.05) is 44.7 Å². The highest BCUT2D eigenvalue weighted by Gasteiger charge is 2.36. The Balaban J connectivity index is 1.69. The second-order valence-electron chi connectivity index (χ2n) is 8.75. The van der Waals surface area contributed by atoms with Crippen molar-refractivity contribution in [3.8, 4) is 17.3 Å². The first-order valence-electron chi connectivity index (χ1n) is 11.4. The molecule has 0 bridgehead atoms. The van der Waals surface area contributed by atoms with E-state index in [1.165, 1.54) is 36.5 Å². The number of nitrogens with zero attached hydrogens (tertiary/aromatic N) is 2. The van der Waals surface area contributed by atoms with Gasteiger partial charge >= 0.3 is 6.18 Å². The van der Waals surface area contributed by atoms with Gasteiger partial charge < -0.3 is 10.6 Å². The van der Waals surface area contributed by atoms with Crippen LogP contribution in [0.4, 0.5) is 27.6 Å². The maximum atomic E-state index is 14.1. The first kappa shape index (κ1) is 26.8. The molecule has 0 aliphatic carbocycles. The summed E-state index contributed by atoms with van der Waals surface area (Å²) in [6, 6.07) is 11.6. The average Bonchev–Trinajstić information content (AvgIpc) is 3.25. The number of aromatic nitrogens is 1. The van der Waals surface area contributed by atoms with E-state index in [4.69, 9.17) is 11.6 Å². The number of hydrogen-bond donors (Lipinski definition) is 2. The van der Waals surface area contributed by atoms with Crippen LogP contribution in [0.3, 0.4) is 0 Å². The molecule has 1 aromatic heterocycles. The molecule has 0 spiro atoms. The molecule has 5 rings (SSSR count). The Morgan fingerprint density at radius 1 is 1.05 bits per heavy atom. The summed E-state index contributed by atoms with van der Waals surface area (Å²) in [4.78, 5) is 30.4. The molecule has 1 aliphatic rings. The number of anilines is 1. The number of alkyl halides is 3. The van der Waals surface area contributed by atoms with Crippen LogP contribution >= 0.6 is 11.6 Å².